The number of hydrogen-bond donors (Lipinski definition) is 1. The quantitative estimate of drug-likeness (QED) is 0.916. The highest BCUT2D eigenvalue weighted by molar-refractivity contribution is 6.31. The topological polar surface area (TPSA) is 53.1 Å². The number of methoxy groups -OCH3 is 1. The van der Waals surface area contributed by atoms with E-state index in [9.17, 15) is 0 Å². The number of aryl methyl sites for hydroxylation is 2. The Morgan fingerprint density at radius 1 is 1.44 bits per heavy atom. The Hall–Kier alpha value is -0.580. The monoisotopic (exact) mass is 273 g/mol. The summed E-state index contributed by atoms with van der Waals surface area (Å²) in [7, 11) is 3.59. The van der Waals surface area contributed by atoms with Gasteiger partial charge in [0, 0.05) is 26.6 Å². The van der Waals surface area contributed by atoms with E-state index in [1.165, 1.54) is 0 Å². The first-order valence-electron chi connectivity index (χ1n) is 6.14. The maximum Gasteiger partial charge on any atom is 0.0847 e. The smallest absolute Gasteiger partial charge is 0.0847 e. The minimum Gasteiger partial charge on any atom is -0.379 e. The van der Waals surface area contributed by atoms with E-state index in [0.29, 0.717) is 11.4 Å². The lowest BCUT2D eigenvalue weighted by Gasteiger charge is -2.34. The molecular formula is C13H24ClN3O. The van der Waals surface area contributed by atoms with Gasteiger partial charge in [-0.25, -0.2) is 0 Å². The van der Waals surface area contributed by atoms with Crippen LogP contribution in [0.1, 0.15) is 32.2 Å². The Morgan fingerprint density at radius 3 is 2.33 bits per heavy atom. The number of nitrogens with two attached hydrogens (primary N) is 1. The van der Waals surface area contributed by atoms with Gasteiger partial charge < -0.3 is 10.5 Å². The summed E-state index contributed by atoms with van der Waals surface area (Å²) in [5.74, 6) is 0. The summed E-state index contributed by atoms with van der Waals surface area (Å²) >= 11 is 6.24. The fourth-order valence-corrected chi connectivity index (χ4v) is 2.64. The molecule has 0 radical (unpaired) electrons. The third-order valence-electron chi connectivity index (χ3n) is 3.19. The summed E-state index contributed by atoms with van der Waals surface area (Å²) in [6.07, 6.45) is 0.634. The number of rotatable bonds is 4. The van der Waals surface area contributed by atoms with Crippen LogP contribution in [-0.4, -0.2) is 29.0 Å². The van der Waals surface area contributed by atoms with Crippen molar-refractivity contribution in [1.29, 1.82) is 0 Å². The number of hydrogen-bond acceptors (Lipinski definition) is 3. The van der Waals surface area contributed by atoms with E-state index in [1.54, 1.807) is 11.8 Å². The van der Waals surface area contributed by atoms with Crippen LogP contribution in [-0.2, 0) is 18.2 Å². The van der Waals surface area contributed by atoms with E-state index in [2.05, 4.69) is 25.9 Å². The van der Waals surface area contributed by atoms with Crippen molar-refractivity contribution in [2.75, 3.05) is 7.11 Å². The summed E-state index contributed by atoms with van der Waals surface area (Å²) in [5, 5.41) is 5.00. The maximum atomic E-state index is 6.27. The molecule has 0 bridgehead atoms. The molecular weight excluding hydrogens is 250 g/mol. The predicted octanol–water partition coefficient (Wildman–Crippen LogP) is 2.31. The summed E-state index contributed by atoms with van der Waals surface area (Å²) in [4.78, 5) is 0. The molecule has 18 heavy (non-hydrogen) atoms. The van der Waals surface area contributed by atoms with Crippen LogP contribution in [0.15, 0.2) is 0 Å². The van der Waals surface area contributed by atoms with E-state index < -0.39 is 0 Å². The molecule has 0 saturated carbocycles. The van der Waals surface area contributed by atoms with Gasteiger partial charge in [-0.3, -0.25) is 4.68 Å². The Balaban J connectivity index is 2.90. The molecule has 2 atom stereocenters. The van der Waals surface area contributed by atoms with Crippen molar-refractivity contribution in [3.05, 3.63) is 16.4 Å². The molecule has 1 aromatic heterocycles. The number of aromatic nitrogens is 2. The number of ether oxygens (including phenoxy) is 1. The average Bonchev–Trinajstić information content (AvgIpc) is 2.44. The normalized spacial score (nSPS) is 15.8. The summed E-state index contributed by atoms with van der Waals surface area (Å²) in [6.45, 7) is 8.26. The lowest BCUT2D eigenvalue weighted by Crippen LogP contribution is -2.46. The Kier molecular flexibility index (Phi) is 4.81. The molecule has 0 spiro atoms. The standard InChI is InChI=1S/C13H24ClN3O/c1-8-11(14)10(17(5)16-8)7-9(15)12(18-6)13(2,3)4/h9,12H,7,15H2,1-6H3. The summed E-state index contributed by atoms with van der Waals surface area (Å²) in [6, 6.07) is -0.109. The molecule has 0 aliphatic heterocycles. The van der Waals surface area contributed by atoms with Crippen LogP contribution in [0.25, 0.3) is 0 Å². The second kappa shape index (κ2) is 5.59. The highest BCUT2D eigenvalue weighted by atomic mass is 35.5. The van der Waals surface area contributed by atoms with Gasteiger partial charge in [0.2, 0.25) is 0 Å². The van der Waals surface area contributed by atoms with Gasteiger partial charge in [0.1, 0.15) is 0 Å². The van der Waals surface area contributed by atoms with Crippen molar-refractivity contribution < 1.29 is 4.74 Å². The van der Waals surface area contributed by atoms with E-state index in [4.69, 9.17) is 22.1 Å². The highest BCUT2D eigenvalue weighted by Gasteiger charge is 2.31. The molecule has 2 N–H and O–H groups in total. The minimum atomic E-state index is -0.109. The molecule has 0 aliphatic rings. The number of halogens is 1. The third-order valence-corrected chi connectivity index (χ3v) is 3.68. The molecule has 4 nitrogen and oxygen atoms in total. The van der Waals surface area contributed by atoms with Crippen LogP contribution in [0.2, 0.25) is 5.02 Å². The average molecular weight is 274 g/mol. The van der Waals surface area contributed by atoms with Crippen molar-refractivity contribution in [3.63, 3.8) is 0 Å². The highest BCUT2D eigenvalue weighted by Crippen LogP contribution is 2.27. The van der Waals surface area contributed by atoms with Gasteiger partial charge in [0.15, 0.2) is 0 Å². The van der Waals surface area contributed by atoms with Crippen LogP contribution in [0, 0.1) is 12.3 Å². The van der Waals surface area contributed by atoms with Crippen molar-refractivity contribution in [2.45, 2.75) is 46.3 Å². The van der Waals surface area contributed by atoms with Crippen LogP contribution in [0.3, 0.4) is 0 Å². The first kappa shape index (κ1) is 15.5. The van der Waals surface area contributed by atoms with Gasteiger partial charge in [0.25, 0.3) is 0 Å². The lowest BCUT2D eigenvalue weighted by atomic mass is 9.83. The van der Waals surface area contributed by atoms with Crippen LogP contribution in [0.5, 0.6) is 0 Å². The molecule has 5 heteroatoms. The molecule has 1 aromatic rings. The zero-order valence-corrected chi connectivity index (χ0v) is 12.9. The summed E-state index contributed by atoms with van der Waals surface area (Å²) < 4.78 is 7.34. The lowest BCUT2D eigenvalue weighted by molar-refractivity contribution is -0.00200. The van der Waals surface area contributed by atoms with Gasteiger partial charge in [0.05, 0.1) is 22.5 Å². The second-order valence-electron chi connectivity index (χ2n) is 5.86. The van der Waals surface area contributed by atoms with E-state index in [-0.39, 0.29) is 17.6 Å². The zero-order chi connectivity index (χ0) is 14.1. The predicted molar refractivity (Wildman–Crippen MR) is 74.9 cm³/mol. The van der Waals surface area contributed by atoms with Crippen molar-refractivity contribution in [2.24, 2.45) is 18.2 Å². The molecule has 0 amide bonds. The Labute approximate surface area is 114 Å². The van der Waals surface area contributed by atoms with E-state index in [1.807, 2.05) is 14.0 Å². The fraction of sp³-hybridized carbons (Fsp3) is 0.769. The molecule has 0 aromatic carbocycles. The summed E-state index contributed by atoms with van der Waals surface area (Å²) in [5.41, 5.74) is 8.07. The van der Waals surface area contributed by atoms with Gasteiger partial charge in [-0.1, -0.05) is 32.4 Å². The number of nitrogens with zero attached hydrogens (tertiary/aromatic N) is 2. The SMILES string of the molecule is COC(C(N)Cc1c(Cl)c(C)nn1C)C(C)(C)C. The van der Waals surface area contributed by atoms with Crippen molar-refractivity contribution >= 4 is 11.6 Å². The molecule has 0 saturated heterocycles. The minimum absolute atomic E-state index is 0.00567. The molecule has 104 valence electrons. The van der Waals surface area contributed by atoms with Crippen molar-refractivity contribution in [3.8, 4) is 0 Å². The molecule has 0 fully saturated rings. The maximum absolute atomic E-state index is 6.27. The van der Waals surface area contributed by atoms with Gasteiger partial charge in [-0.2, -0.15) is 5.10 Å². The Morgan fingerprint density at radius 2 is 2.00 bits per heavy atom. The van der Waals surface area contributed by atoms with E-state index >= 15 is 0 Å². The van der Waals surface area contributed by atoms with Crippen LogP contribution >= 0.6 is 11.6 Å². The second-order valence-corrected chi connectivity index (χ2v) is 6.24. The first-order chi connectivity index (χ1) is 8.18. The molecule has 2 unspecified atom stereocenters. The molecule has 1 rings (SSSR count). The first-order valence-corrected chi connectivity index (χ1v) is 6.52. The van der Waals surface area contributed by atoms with Crippen LogP contribution in [0.4, 0.5) is 0 Å². The fourth-order valence-electron chi connectivity index (χ4n) is 2.40. The Bertz CT molecular complexity index is 409. The van der Waals surface area contributed by atoms with Gasteiger partial charge in [-0.05, 0) is 12.3 Å². The largest absolute Gasteiger partial charge is 0.379 e. The van der Waals surface area contributed by atoms with E-state index in [0.717, 1.165) is 11.4 Å². The third kappa shape index (κ3) is 3.25. The zero-order valence-electron chi connectivity index (χ0n) is 12.1. The molecule has 0 aliphatic carbocycles. The van der Waals surface area contributed by atoms with Crippen LogP contribution < -0.4 is 5.73 Å². The van der Waals surface area contributed by atoms with Gasteiger partial charge >= 0.3 is 0 Å². The molecule has 1 heterocycles. The van der Waals surface area contributed by atoms with Crippen molar-refractivity contribution in [1.82, 2.24) is 9.78 Å². The van der Waals surface area contributed by atoms with Gasteiger partial charge in [-0.15, -0.1) is 0 Å².